The average Bonchev–Trinajstić information content (AvgIpc) is 2.28. The SMILES string of the molecule is CC(CCS(C)=O)NCCc1cccnc1. The van der Waals surface area contributed by atoms with Crippen LogP contribution in [0.1, 0.15) is 18.9 Å². The molecule has 0 aliphatic carbocycles. The van der Waals surface area contributed by atoms with E-state index in [0.717, 1.165) is 25.1 Å². The van der Waals surface area contributed by atoms with E-state index in [1.54, 1.807) is 12.5 Å². The van der Waals surface area contributed by atoms with Gasteiger partial charge in [-0.1, -0.05) is 6.07 Å². The summed E-state index contributed by atoms with van der Waals surface area (Å²) >= 11 is 0. The molecule has 3 nitrogen and oxygen atoms in total. The second-order valence-electron chi connectivity index (χ2n) is 4.03. The van der Waals surface area contributed by atoms with Crippen molar-refractivity contribution in [2.75, 3.05) is 18.6 Å². The van der Waals surface area contributed by atoms with Crippen LogP contribution in [0.25, 0.3) is 0 Å². The van der Waals surface area contributed by atoms with Crippen molar-refractivity contribution in [3.05, 3.63) is 30.1 Å². The van der Waals surface area contributed by atoms with Gasteiger partial charge in [-0.2, -0.15) is 0 Å². The highest BCUT2D eigenvalue weighted by molar-refractivity contribution is 7.84. The van der Waals surface area contributed by atoms with Crippen LogP contribution in [0.2, 0.25) is 0 Å². The lowest BCUT2D eigenvalue weighted by molar-refractivity contribution is 0.538. The molecule has 90 valence electrons. The van der Waals surface area contributed by atoms with E-state index in [0.29, 0.717) is 6.04 Å². The lowest BCUT2D eigenvalue weighted by atomic mass is 10.2. The zero-order chi connectivity index (χ0) is 11.8. The normalized spacial score (nSPS) is 14.6. The smallest absolute Gasteiger partial charge is 0.0300 e. The maximum atomic E-state index is 10.9. The maximum Gasteiger partial charge on any atom is 0.0300 e. The number of hydrogen-bond acceptors (Lipinski definition) is 3. The van der Waals surface area contributed by atoms with Gasteiger partial charge in [0.05, 0.1) is 0 Å². The molecule has 0 aliphatic heterocycles. The Labute approximate surface area is 100 Å². The summed E-state index contributed by atoms with van der Waals surface area (Å²) < 4.78 is 10.9. The highest BCUT2D eigenvalue weighted by Crippen LogP contribution is 1.97. The van der Waals surface area contributed by atoms with Gasteiger partial charge in [-0.3, -0.25) is 9.19 Å². The fraction of sp³-hybridized carbons (Fsp3) is 0.583. The van der Waals surface area contributed by atoms with Crippen molar-refractivity contribution in [3.63, 3.8) is 0 Å². The molecule has 1 heterocycles. The van der Waals surface area contributed by atoms with Gasteiger partial charge in [-0.25, -0.2) is 0 Å². The second kappa shape index (κ2) is 7.52. The number of nitrogens with one attached hydrogen (secondary N) is 1. The van der Waals surface area contributed by atoms with Crippen LogP contribution in [0.4, 0.5) is 0 Å². The summed E-state index contributed by atoms with van der Waals surface area (Å²) in [4.78, 5) is 4.07. The molecule has 0 spiro atoms. The summed E-state index contributed by atoms with van der Waals surface area (Å²) in [5.41, 5.74) is 1.25. The number of aromatic nitrogens is 1. The molecule has 2 unspecified atom stereocenters. The molecule has 0 amide bonds. The molecule has 0 saturated carbocycles. The third-order valence-corrected chi connectivity index (χ3v) is 3.28. The summed E-state index contributed by atoms with van der Waals surface area (Å²) in [6.45, 7) is 3.08. The molecule has 1 N–H and O–H groups in total. The summed E-state index contributed by atoms with van der Waals surface area (Å²) in [5, 5.41) is 3.42. The zero-order valence-electron chi connectivity index (χ0n) is 9.98. The van der Waals surface area contributed by atoms with Crippen LogP contribution < -0.4 is 5.32 Å². The standard InChI is InChI=1S/C12H20N2OS/c1-11(6-9-16(2)15)14-8-5-12-4-3-7-13-10-12/h3-4,7,10-11,14H,5-6,8-9H2,1-2H3. The van der Waals surface area contributed by atoms with Crippen LogP contribution in [0.5, 0.6) is 0 Å². The molecule has 0 bridgehead atoms. The minimum absolute atomic E-state index is 0.431. The average molecular weight is 240 g/mol. The van der Waals surface area contributed by atoms with Crippen molar-refractivity contribution >= 4 is 10.8 Å². The molecule has 1 rings (SSSR count). The van der Waals surface area contributed by atoms with Gasteiger partial charge in [0.1, 0.15) is 0 Å². The number of rotatable bonds is 7. The first-order valence-corrected chi connectivity index (χ1v) is 7.33. The van der Waals surface area contributed by atoms with E-state index in [9.17, 15) is 4.21 Å². The van der Waals surface area contributed by atoms with Crippen LogP contribution in [-0.2, 0) is 17.2 Å². The molecule has 2 atom stereocenters. The van der Waals surface area contributed by atoms with Gasteiger partial charge in [0.2, 0.25) is 0 Å². The quantitative estimate of drug-likeness (QED) is 0.782. The van der Waals surface area contributed by atoms with E-state index in [-0.39, 0.29) is 0 Å². The van der Waals surface area contributed by atoms with Gasteiger partial charge >= 0.3 is 0 Å². The largest absolute Gasteiger partial charge is 0.314 e. The predicted octanol–water partition coefficient (Wildman–Crippen LogP) is 1.37. The van der Waals surface area contributed by atoms with E-state index in [2.05, 4.69) is 23.3 Å². The molecular weight excluding hydrogens is 220 g/mol. The Hall–Kier alpha value is -0.740. The van der Waals surface area contributed by atoms with Gasteiger partial charge in [0, 0.05) is 41.2 Å². The monoisotopic (exact) mass is 240 g/mol. The molecule has 0 aromatic carbocycles. The summed E-state index contributed by atoms with van der Waals surface area (Å²) in [6, 6.07) is 4.47. The Morgan fingerprint density at radius 1 is 1.56 bits per heavy atom. The van der Waals surface area contributed by atoms with E-state index in [1.807, 2.05) is 12.3 Å². The first-order valence-electron chi connectivity index (χ1n) is 5.61. The highest BCUT2D eigenvalue weighted by atomic mass is 32.2. The molecule has 0 saturated heterocycles. The van der Waals surface area contributed by atoms with Crippen LogP contribution >= 0.6 is 0 Å². The summed E-state index contributed by atoms with van der Waals surface area (Å²) in [7, 11) is -0.678. The Morgan fingerprint density at radius 2 is 2.38 bits per heavy atom. The van der Waals surface area contributed by atoms with Crippen LogP contribution in [0, 0.1) is 0 Å². The van der Waals surface area contributed by atoms with Crippen molar-refractivity contribution in [1.82, 2.24) is 10.3 Å². The third-order valence-electron chi connectivity index (χ3n) is 2.47. The molecule has 0 radical (unpaired) electrons. The Balaban J connectivity index is 2.13. The van der Waals surface area contributed by atoms with Crippen LogP contribution in [0.15, 0.2) is 24.5 Å². The third kappa shape index (κ3) is 5.98. The van der Waals surface area contributed by atoms with Crippen LogP contribution in [0.3, 0.4) is 0 Å². The van der Waals surface area contributed by atoms with Gasteiger partial charge in [0.25, 0.3) is 0 Å². The molecule has 0 fully saturated rings. The number of nitrogens with zero attached hydrogens (tertiary/aromatic N) is 1. The first-order chi connectivity index (χ1) is 7.68. The molecule has 0 aliphatic rings. The number of hydrogen-bond donors (Lipinski definition) is 1. The van der Waals surface area contributed by atoms with E-state index in [1.165, 1.54) is 5.56 Å². The van der Waals surface area contributed by atoms with Gasteiger partial charge < -0.3 is 5.32 Å². The fourth-order valence-electron chi connectivity index (χ4n) is 1.45. The molecular formula is C12H20N2OS. The summed E-state index contributed by atoms with van der Waals surface area (Å²) in [5.74, 6) is 0.779. The van der Waals surface area contributed by atoms with E-state index < -0.39 is 10.8 Å². The second-order valence-corrected chi connectivity index (χ2v) is 5.59. The molecule has 16 heavy (non-hydrogen) atoms. The Kier molecular flexibility index (Phi) is 6.26. The van der Waals surface area contributed by atoms with Gasteiger partial charge in [-0.05, 0) is 37.9 Å². The first kappa shape index (κ1) is 13.3. The van der Waals surface area contributed by atoms with Gasteiger partial charge in [0.15, 0.2) is 0 Å². The Morgan fingerprint density at radius 3 is 3.00 bits per heavy atom. The highest BCUT2D eigenvalue weighted by Gasteiger charge is 2.02. The zero-order valence-corrected chi connectivity index (χ0v) is 10.8. The Bertz CT molecular complexity index is 316. The van der Waals surface area contributed by atoms with Crippen molar-refractivity contribution in [1.29, 1.82) is 0 Å². The molecule has 1 aromatic rings. The molecule has 4 heteroatoms. The predicted molar refractivity (Wildman–Crippen MR) is 69.0 cm³/mol. The molecule has 1 aromatic heterocycles. The van der Waals surface area contributed by atoms with Crippen molar-refractivity contribution < 1.29 is 4.21 Å². The lowest BCUT2D eigenvalue weighted by Crippen LogP contribution is -2.29. The fourth-order valence-corrected chi connectivity index (χ4v) is 2.14. The van der Waals surface area contributed by atoms with E-state index in [4.69, 9.17) is 0 Å². The van der Waals surface area contributed by atoms with Crippen LogP contribution in [-0.4, -0.2) is 33.8 Å². The van der Waals surface area contributed by atoms with E-state index >= 15 is 0 Å². The lowest BCUT2D eigenvalue weighted by Gasteiger charge is -2.12. The number of pyridine rings is 1. The van der Waals surface area contributed by atoms with Crippen molar-refractivity contribution in [3.8, 4) is 0 Å². The van der Waals surface area contributed by atoms with Crippen molar-refractivity contribution in [2.24, 2.45) is 0 Å². The van der Waals surface area contributed by atoms with Gasteiger partial charge in [-0.15, -0.1) is 0 Å². The topological polar surface area (TPSA) is 42.0 Å². The minimum atomic E-state index is -0.678. The maximum absolute atomic E-state index is 10.9. The summed E-state index contributed by atoms with van der Waals surface area (Å²) in [6.07, 6.45) is 7.40. The van der Waals surface area contributed by atoms with Crippen molar-refractivity contribution in [2.45, 2.75) is 25.8 Å². The minimum Gasteiger partial charge on any atom is -0.314 e.